The summed E-state index contributed by atoms with van der Waals surface area (Å²) in [7, 11) is 0. The minimum atomic E-state index is -0.421. The van der Waals surface area contributed by atoms with E-state index in [9.17, 15) is 4.79 Å². The minimum absolute atomic E-state index is 0.421. The number of nitrogens with two attached hydrogens (primary N) is 1. The molecule has 1 aromatic rings. The first-order chi connectivity index (χ1) is 9.08. The standard InChI is InChI=1S/C14H22N4O/c1-9-7-12(13(14(15)19)10(2)18-9)17-6-4-11-3-5-16-8-11/h7,11,16H,3-6,8H2,1-2H3,(H2,15,19)(H,17,18). The second-order valence-corrected chi connectivity index (χ2v) is 5.21. The van der Waals surface area contributed by atoms with Crippen molar-refractivity contribution in [2.45, 2.75) is 26.7 Å². The molecule has 104 valence electrons. The number of primary amides is 1. The molecule has 1 amide bonds. The second kappa shape index (κ2) is 6.02. The van der Waals surface area contributed by atoms with Gasteiger partial charge in [-0.1, -0.05) is 0 Å². The molecule has 0 aliphatic carbocycles. The van der Waals surface area contributed by atoms with Crippen molar-refractivity contribution in [2.24, 2.45) is 11.7 Å². The van der Waals surface area contributed by atoms with Gasteiger partial charge in [-0.2, -0.15) is 0 Å². The molecule has 1 atom stereocenters. The third-order valence-electron chi connectivity index (χ3n) is 3.61. The molecule has 1 unspecified atom stereocenters. The molecule has 19 heavy (non-hydrogen) atoms. The van der Waals surface area contributed by atoms with Gasteiger partial charge < -0.3 is 16.4 Å². The number of nitrogens with zero attached hydrogens (tertiary/aromatic N) is 1. The highest BCUT2D eigenvalue weighted by Crippen LogP contribution is 2.20. The minimum Gasteiger partial charge on any atom is -0.384 e. The molecule has 1 fully saturated rings. The lowest BCUT2D eigenvalue weighted by Crippen LogP contribution is -2.19. The Morgan fingerprint density at radius 2 is 2.37 bits per heavy atom. The van der Waals surface area contributed by atoms with Crippen molar-refractivity contribution in [3.8, 4) is 0 Å². The molecule has 0 spiro atoms. The molecule has 4 N–H and O–H groups in total. The van der Waals surface area contributed by atoms with Crippen LogP contribution >= 0.6 is 0 Å². The fraction of sp³-hybridized carbons (Fsp3) is 0.571. The zero-order valence-corrected chi connectivity index (χ0v) is 11.6. The third kappa shape index (κ3) is 3.44. The van der Waals surface area contributed by atoms with E-state index >= 15 is 0 Å². The summed E-state index contributed by atoms with van der Waals surface area (Å²) in [5.74, 6) is 0.309. The van der Waals surface area contributed by atoms with Gasteiger partial charge in [-0.25, -0.2) is 0 Å². The number of anilines is 1. The van der Waals surface area contributed by atoms with Gasteiger partial charge in [-0.15, -0.1) is 0 Å². The third-order valence-corrected chi connectivity index (χ3v) is 3.61. The summed E-state index contributed by atoms with van der Waals surface area (Å²) in [6, 6.07) is 1.89. The van der Waals surface area contributed by atoms with Crippen LogP contribution in [0.25, 0.3) is 0 Å². The molecule has 2 heterocycles. The Bertz CT molecular complexity index is 467. The van der Waals surface area contributed by atoms with E-state index in [0.717, 1.165) is 43.4 Å². The normalized spacial score (nSPS) is 18.5. The largest absolute Gasteiger partial charge is 0.384 e. The Kier molecular flexibility index (Phi) is 4.37. The summed E-state index contributed by atoms with van der Waals surface area (Å²) < 4.78 is 0. The fourth-order valence-electron chi connectivity index (χ4n) is 2.65. The molecular weight excluding hydrogens is 240 g/mol. The van der Waals surface area contributed by atoms with E-state index < -0.39 is 5.91 Å². The predicted octanol–water partition coefficient (Wildman–Crippen LogP) is 1.21. The quantitative estimate of drug-likeness (QED) is 0.745. The van der Waals surface area contributed by atoms with E-state index in [-0.39, 0.29) is 0 Å². The van der Waals surface area contributed by atoms with E-state index in [2.05, 4.69) is 15.6 Å². The fourth-order valence-corrected chi connectivity index (χ4v) is 2.65. The van der Waals surface area contributed by atoms with E-state index in [1.54, 1.807) is 0 Å². The van der Waals surface area contributed by atoms with Crippen LogP contribution in [0.4, 0.5) is 5.69 Å². The Balaban J connectivity index is 2.03. The summed E-state index contributed by atoms with van der Waals surface area (Å²) in [6.45, 7) is 6.81. The summed E-state index contributed by atoms with van der Waals surface area (Å²) in [4.78, 5) is 15.8. The molecule has 2 rings (SSSR count). The van der Waals surface area contributed by atoms with Crippen LogP contribution in [-0.2, 0) is 0 Å². The monoisotopic (exact) mass is 262 g/mol. The maximum atomic E-state index is 11.5. The van der Waals surface area contributed by atoms with E-state index in [0.29, 0.717) is 11.3 Å². The number of amides is 1. The predicted molar refractivity (Wildman–Crippen MR) is 76.3 cm³/mol. The van der Waals surface area contributed by atoms with Gasteiger partial charge in [0.2, 0.25) is 0 Å². The molecule has 5 nitrogen and oxygen atoms in total. The van der Waals surface area contributed by atoms with Crippen molar-refractivity contribution in [3.63, 3.8) is 0 Å². The number of pyridine rings is 1. The molecule has 1 aromatic heterocycles. The molecule has 1 aliphatic heterocycles. The van der Waals surface area contributed by atoms with Gasteiger partial charge in [-0.05, 0) is 51.8 Å². The first-order valence-electron chi connectivity index (χ1n) is 6.80. The average molecular weight is 262 g/mol. The first-order valence-corrected chi connectivity index (χ1v) is 6.80. The zero-order chi connectivity index (χ0) is 13.8. The van der Waals surface area contributed by atoms with E-state index in [4.69, 9.17) is 5.73 Å². The number of hydrogen-bond acceptors (Lipinski definition) is 4. The number of carbonyl (C=O) groups excluding carboxylic acids is 1. The summed E-state index contributed by atoms with van der Waals surface area (Å²) in [5, 5.41) is 6.69. The SMILES string of the molecule is Cc1cc(NCCC2CCNC2)c(C(N)=O)c(C)n1. The van der Waals surface area contributed by atoms with Crippen LogP contribution in [-0.4, -0.2) is 30.5 Å². The number of rotatable bonds is 5. The summed E-state index contributed by atoms with van der Waals surface area (Å²) in [6.07, 6.45) is 2.34. The maximum absolute atomic E-state index is 11.5. The van der Waals surface area contributed by atoms with Crippen LogP contribution in [0.15, 0.2) is 6.07 Å². The first kappa shape index (κ1) is 13.8. The molecule has 1 saturated heterocycles. The number of aryl methyl sites for hydroxylation is 2. The van der Waals surface area contributed by atoms with Crippen LogP contribution < -0.4 is 16.4 Å². The number of hydrogen-bond donors (Lipinski definition) is 3. The van der Waals surface area contributed by atoms with Crippen molar-refractivity contribution >= 4 is 11.6 Å². The lowest BCUT2D eigenvalue weighted by atomic mass is 10.0. The van der Waals surface area contributed by atoms with Crippen molar-refractivity contribution in [3.05, 3.63) is 23.0 Å². The van der Waals surface area contributed by atoms with Gasteiger partial charge in [0.05, 0.1) is 16.9 Å². The Labute approximate surface area is 114 Å². The zero-order valence-electron chi connectivity index (χ0n) is 11.6. The molecular formula is C14H22N4O. The lowest BCUT2D eigenvalue weighted by molar-refractivity contribution is 0.1000. The van der Waals surface area contributed by atoms with Gasteiger partial charge in [-0.3, -0.25) is 9.78 Å². The number of aromatic nitrogens is 1. The van der Waals surface area contributed by atoms with Gasteiger partial charge in [0.1, 0.15) is 0 Å². The van der Waals surface area contributed by atoms with Gasteiger partial charge in [0.15, 0.2) is 0 Å². The van der Waals surface area contributed by atoms with Gasteiger partial charge in [0, 0.05) is 12.2 Å². The Morgan fingerprint density at radius 1 is 1.58 bits per heavy atom. The Hall–Kier alpha value is -1.62. The van der Waals surface area contributed by atoms with Gasteiger partial charge in [0.25, 0.3) is 5.91 Å². The molecule has 0 bridgehead atoms. The highest BCUT2D eigenvalue weighted by atomic mass is 16.1. The lowest BCUT2D eigenvalue weighted by Gasteiger charge is -2.14. The highest BCUT2D eigenvalue weighted by Gasteiger charge is 2.16. The highest BCUT2D eigenvalue weighted by molar-refractivity contribution is 5.99. The van der Waals surface area contributed by atoms with Crippen molar-refractivity contribution in [1.29, 1.82) is 0 Å². The number of carbonyl (C=O) groups is 1. The molecule has 0 saturated carbocycles. The van der Waals surface area contributed by atoms with Crippen LogP contribution in [0.3, 0.4) is 0 Å². The van der Waals surface area contributed by atoms with Crippen LogP contribution in [0.2, 0.25) is 0 Å². The van der Waals surface area contributed by atoms with Crippen LogP contribution in [0.1, 0.15) is 34.6 Å². The maximum Gasteiger partial charge on any atom is 0.252 e. The molecule has 0 radical (unpaired) electrons. The number of nitrogens with one attached hydrogen (secondary N) is 2. The van der Waals surface area contributed by atoms with Crippen molar-refractivity contribution < 1.29 is 4.79 Å². The average Bonchev–Trinajstić information content (AvgIpc) is 2.80. The van der Waals surface area contributed by atoms with Gasteiger partial charge >= 0.3 is 0 Å². The van der Waals surface area contributed by atoms with E-state index in [1.807, 2.05) is 19.9 Å². The summed E-state index contributed by atoms with van der Waals surface area (Å²) in [5.41, 5.74) is 8.34. The van der Waals surface area contributed by atoms with E-state index in [1.165, 1.54) is 6.42 Å². The Morgan fingerprint density at radius 3 is 3.00 bits per heavy atom. The second-order valence-electron chi connectivity index (χ2n) is 5.21. The molecule has 0 aromatic carbocycles. The molecule has 5 heteroatoms. The van der Waals surface area contributed by atoms with Crippen LogP contribution in [0.5, 0.6) is 0 Å². The van der Waals surface area contributed by atoms with Crippen molar-refractivity contribution in [1.82, 2.24) is 10.3 Å². The topological polar surface area (TPSA) is 80.0 Å². The van der Waals surface area contributed by atoms with Crippen molar-refractivity contribution in [2.75, 3.05) is 25.0 Å². The van der Waals surface area contributed by atoms with Crippen LogP contribution in [0, 0.1) is 19.8 Å². The summed E-state index contributed by atoms with van der Waals surface area (Å²) >= 11 is 0. The molecule has 1 aliphatic rings. The smallest absolute Gasteiger partial charge is 0.252 e.